The standard InChI is InChI=1S/C20H24N6/c1-2-25-16-18(12-21-25)14-23-8-10-24(11-9-23)15-19-13-22-26(17-19)20-6-4-3-5-7-20/h2-7,12-13,16-17H,1,8-11,14-15H2. The topological polar surface area (TPSA) is 42.1 Å². The van der Waals surface area contributed by atoms with E-state index in [1.54, 1.807) is 10.9 Å². The van der Waals surface area contributed by atoms with E-state index >= 15 is 0 Å². The third-order valence-electron chi connectivity index (χ3n) is 4.78. The van der Waals surface area contributed by atoms with Crippen molar-refractivity contribution in [3.8, 4) is 5.69 Å². The van der Waals surface area contributed by atoms with Gasteiger partial charge in [0.05, 0.1) is 18.1 Å². The van der Waals surface area contributed by atoms with Gasteiger partial charge in [0, 0.05) is 69.0 Å². The van der Waals surface area contributed by atoms with E-state index < -0.39 is 0 Å². The predicted molar refractivity (Wildman–Crippen MR) is 103 cm³/mol. The van der Waals surface area contributed by atoms with E-state index in [0.717, 1.165) is 45.0 Å². The SMILES string of the molecule is C=Cn1cc(CN2CCN(Cc3cnn(-c4ccccc4)c3)CC2)cn1. The quantitative estimate of drug-likeness (QED) is 0.686. The fourth-order valence-electron chi connectivity index (χ4n) is 3.34. The highest BCUT2D eigenvalue weighted by molar-refractivity contribution is 5.30. The highest BCUT2D eigenvalue weighted by Crippen LogP contribution is 2.13. The summed E-state index contributed by atoms with van der Waals surface area (Å²) in [5.41, 5.74) is 3.60. The molecule has 0 atom stereocenters. The van der Waals surface area contributed by atoms with E-state index in [4.69, 9.17) is 0 Å². The lowest BCUT2D eigenvalue weighted by Gasteiger charge is -2.34. The molecule has 6 heteroatoms. The molecule has 3 aromatic rings. The Hall–Kier alpha value is -2.70. The van der Waals surface area contributed by atoms with E-state index in [-0.39, 0.29) is 0 Å². The van der Waals surface area contributed by atoms with Gasteiger partial charge >= 0.3 is 0 Å². The van der Waals surface area contributed by atoms with Crippen LogP contribution in [0.25, 0.3) is 11.9 Å². The molecule has 1 fully saturated rings. The Balaban J connectivity index is 1.29. The number of hydrogen-bond acceptors (Lipinski definition) is 4. The van der Waals surface area contributed by atoms with Crippen LogP contribution in [0.5, 0.6) is 0 Å². The first-order chi connectivity index (χ1) is 12.8. The summed E-state index contributed by atoms with van der Waals surface area (Å²) in [7, 11) is 0. The van der Waals surface area contributed by atoms with E-state index in [1.165, 1.54) is 11.1 Å². The van der Waals surface area contributed by atoms with E-state index in [9.17, 15) is 0 Å². The normalized spacial score (nSPS) is 16.0. The number of nitrogens with zero attached hydrogens (tertiary/aromatic N) is 6. The molecule has 0 aliphatic carbocycles. The Morgan fingerprint density at radius 3 is 2.08 bits per heavy atom. The number of benzene rings is 1. The Morgan fingerprint density at radius 1 is 0.846 bits per heavy atom. The highest BCUT2D eigenvalue weighted by Gasteiger charge is 2.18. The maximum absolute atomic E-state index is 4.50. The highest BCUT2D eigenvalue weighted by atomic mass is 15.3. The first-order valence-corrected chi connectivity index (χ1v) is 8.99. The van der Waals surface area contributed by atoms with Gasteiger partial charge in [0.25, 0.3) is 0 Å². The molecule has 134 valence electrons. The van der Waals surface area contributed by atoms with Crippen LogP contribution in [0.4, 0.5) is 0 Å². The molecule has 0 saturated carbocycles. The molecule has 6 nitrogen and oxygen atoms in total. The first-order valence-electron chi connectivity index (χ1n) is 8.99. The maximum Gasteiger partial charge on any atom is 0.0645 e. The van der Waals surface area contributed by atoms with Crippen molar-refractivity contribution in [2.45, 2.75) is 13.1 Å². The van der Waals surface area contributed by atoms with Crippen LogP contribution in [0.1, 0.15) is 11.1 Å². The molecule has 0 bridgehead atoms. The molecule has 0 spiro atoms. The minimum Gasteiger partial charge on any atom is -0.296 e. The summed E-state index contributed by atoms with van der Waals surface area (Å²) < 4.78 is 3.71. The molecule has 2 aromatic heterocycles. The first kappa shape index (κ1) is 16.8. The van der Waals surface area contributed by atoms with Gasteiger partial charge in [-0.3, -0.25) is 9.80 Å². The average Bonchev–Trinajstić information content (AvgIpc) is 3.33. The molecule has 1 aliphatic heterocycles. The molecule has 1 aromatic carbocycles. The van der Waals surface area contributed by atoms with Gasteiger partial charge in [0.15, 0.2) is 0 Å². The summed E-state index contributed by atoms with van der Waals surface area (Å²) in [4.78, 5) is 4.98. The van der Waals surface area contributed by atoms with Gasteiger partial charge in [-0.1, -0.05) is 24.8 Å². The van der Waals surface area contributed by atoms with Gasteiger partial charge in [-0.2, -0.15) is 10.2 Å². The average molecular weight is 348 g/mol. The zero-order valence-electron chi connectivity index (χ0n) is 14.9. The van der Waals surface area contributed by atoms with Gasteiger partial charge in [0.2, 0.25) is 0 Å². The van der Waals surface area contributed by atoms with Crippen molar-refractivity contribution in [2.75, 3.05) is 26.2 Å². The molecule has 26 heavy (non-hydrogen) atoms. The van der Waals surface area contributed by atoms with Gasteiger partial charge in [-0.25, -0.2) is 9.36 Å². The summed E-state index contributed by atoms with van der Waals surface area (Å²) in [6, 6.07) is 10.2. The predicted octanol–water partition coefficient (Wildman–Crippen LogP) is 2.49. The summed E-state index contributed by atoms with van der Waals surface area (Å²) in [5.74, 6) is 0. The lowest BCUT2D eigenvalue weighted by molar-refractivity contribution is 0.122. The summed E-state index contributed by atoms with van der Waals surface area (Å²) in [6.45, 7) is 9.94. The number of aromatic nitrogens is 4. The van der Waals surface area contributed by atoms with Crippen LogP contribution in [0.15, 0.2) is 61.7 Å². The third kappa shape index (κ3) is 3.92. The minimum absolute atomic E-state index is 0.952. The zero-order chi connectivity index (χ0) is 17.8. The number of rotatable bonds is 6. The van der Waals surface area contributed by atoms with Crippen molar-refractivity contribution in [2.24, 2.45) is 0 Å². The van der Waals surface area contributed by atoms with Crippen LogP contribution < -0.4 is 0 Å². The monoisotopic (exact) mass is 348 g/mol. The van der Waals surface area contributed by atoms with Crippen molar-refractivity contribution in [1.29, 1.82) is 0 Å². The lowest BCUT2D eigenvalue weighted by Crippen LogP contribution is -2.45. The second-order valence-electron chi connectivity index (χ2n) is 6.69. The zero-order valence-corrected chi connectivity index (χ0v) is 14.9. The van der Waals surface area contributed by atoms with Gasteiger partial charge < -0.3 is 0 Å². The van der Waals surface area contributed by atoms with Crippen molar-refractivity contribution >= 4 is 6.20 Å². The van der Waals surface area contributed by atoms with Crippen LogP contribution >= 0.6 is 0 Å². The second-order valence-corrected chi connectivity index (χ2v) is 6.69. The number of piperazine rings is 1. The smallest absolute Gasteiger partial charge is 0.0645 e. The maximum atomic E-state index is 4.50. The Labute approximate surface area is 154 Å². The molecule has 0 amide bonds. The summed E-state index contributed by atoms with van der Waals surface area (Å²) in [6.07, 6.45) is 9.79. The van der Waals surface area contributed by atoms with Gasteiger partial charge in [-0.05, 0) is 12.1 Å². The van der Waals surface area contributed by atoms with E-state index in [0.29, 0.717) is 0 Å². The molecule has 0 radical (unpaired) electrons. The van der Waals surface area contributed by atoms with Crippen LogP contribution in [0.2, 0.25) is 0 Å². The molecular formula is C20H24N6. The second kappa shape index (κ2) is 7.68. The van der Waals surface area contributed by atoms with Crippen LogP contribution in [0, 0.1) is 0 Å². The van der Waals surface area contributed by atoms with Crippen molar-refractivity contribution < 1.29 is 0 Å². The molecule has 0 unspecified atom stereocenters. The van der Waals surface area contributed by atoms with Crippen LogP contribution in [0.3, 0.4) is 0 Å². The summed E-state index contributed by atoms with van der Waals surface area (Å²) >= 11 is 0. The lowest BCUT2D eigenvalue weighted by atomic mass is 10.2. The molecule has 1 aliphatic rings. The van der Waals surface area contributed by atoms with Gasteiger partial charge in [-0.15, -0.1) is 0 Å². The fraction of sp³-hybridized carbons (Fsp3) is 0.300. The van der Waals surface area contributed by atoms with E-state index in [2.05, 4.69) is 44.9 Å². The van der Waals surface area contributed by atoms with Gasteiger partial charge in [0.1, 0.15) is 0 Å². The molecule has 4 rings (SSSR count). The molecule has 1 saturated heterocycles. The Bertz CT molecular complexity index is 842. The molecular weight excluding hydrogens is 324 g/mol. The van der Waals surface area contributed by atoms with E-state index in [1.807, 2.05) is 41.5 Å². The van der Waals surface area contributed by atoms with Crippen LogP contribution in [-0.4, -0.2) is 55.5 Å². The number of para-hydroxylation sites is 1. The summed E-state index contributed by atoms with van der Waals surface area (Å²) in [5, 5.41) is 8.75. The van der Waals surface area contributed by atoms with Crippen molar-refractivity contribution in [3.05, 3.63) is 72.8 Å². The minimum atomic E-state index is 0.952. The Kier molecular flexibility index (Phi) is 4.95. The third-order valence-corrected chi connectivity index (χ3v) is 4.78. The molecule has 0 N–H and O–H groups in total. The largest absolute Gasteiger partial charge is 0.296 e. The van der Waals surface area contributed by atoms with Crippen LogP contribution in [-0.2, 0) is 13.1 Å². The molecule has 3 heterocycles. The fourth-order valence-corrected chi connectivity index (χ4v) is 3.34. The number of hydrogen-bond donors (Lipinski definition) is 0. The van der Waals surface area contributed by atoms with Crippen molar-refractivity contribution in [1.82, 2.24) is 29.4 Å². The Morgan fingerprint density at radius 2 is 1.46 bits per heavy atom. The van der Waals surface area contributed by atoms with Crippen molar-refractivity contribution in [3.63, 3.8) is 0 Å².